The van der Waals surface area contributed by atoms with Gasteiger partial charge in [0.1, 0.15) is 0 Å². The van der Waals surface area contributed by atoms with Crippen LogP contribution in [0.15, 0.2) is 48.5 Å². The number of rotatable bonds is 8. The highest BCUT2D eigenvalue weighted by Crippen LogP contribution is 2.29. The van der Waals surface area contributed by atoms with Gasteiger partial charge in [-0.3, -0.25) is 4.79 Å². The van der Waals surface area contributed by atoms with Crippen LogP contribution in [0.2, 0.25) is 0 Å². The number of benzene rings is 2. The number of aryl methyl sites for hydroxylation is 2. The number of amides is 3. The first-order valence-electron chi connectivity index (χ1n) is 11.6. The maximum Gasteiger partial charge on any atom is 0.322 e. The van der Waals surface area contributed by atoms with E-state index in [4.69, 9.17) is 0 Å². The minimum absolute atomic E-state index is 0.00453. The molecule has 31 heavy (non-hydrogen) atoms. The molecule has 2 aromatic rings. The third-order valence-corrected chi connectivity index (χ3v) is 6.28. The zero-order chi connectivity index (χ0) is 22.2. The summed E-state index contributed by atoms with van der Waals surface area (Å²) < 4.78 is 0. The Labute approximate surface area is 186 Å². The fraction of sp³-hybridized carbons (Fsp3) is 0.462. The Kier molecular flexibility index (Phi) is 8.10. The predicted octanol–water partition coefficient (Wildman–Crippen LogP) is 5.47. The lowest BCUT2D eigenvalue weighted by atomic mass is 9.87. The highest BCUT2D eigenvalue weighted by atomic mass is 16.2. The molecule has 0 aromatic heterocycles. The van der Waals surface area contributed by atoms with Gasteiger partial charge in [-0.1, -0.05) is 50.2 Å². The van der Waals surface area contributed by atoms with Crippen LogP contribution >= 0.6 is 0 Å². The Hall–Kier alpha value is -2.82. The summed E-state index contributed by atoms with van der Waals surface area (Å²) in [6.45, 7) is 6.58. The van der Waals surface area contributed by atoms with E-state index in [1.807, 2.05) is 37.3 Å². The maximum absolute atomic E-state index is 12.9. The van der Waals surface area contributed by atoms with Gasteiger partial charge in [-0.15, -0.1) is 0 Å². The van der Waals surface area contributed by atoms with E-state index in [9.17, 15) is 9.59 Å². The molecular formula is C26H35N3O2. The van der Waals surface area contributed by atoms with Crippen LogP contribution < -0.4 is 10.6 Å². The number of anilines is 1. The lowest BCUT2D eigenvalue weighted by Gasteiger charge is -2.30. The molecule has 0 saturated heterocycles. The second-order valence-electron chi connectivity index (χ2n) is 8.39. The van der Waals surface area contributed by atoms with Gasteiger partial charge >= 0.3 is 6.03 Å². The molecule has 2 unspecified atom stereocenters. The van der Waals surface area contributed by atoms with Crippen molar-refractivity contribution >= 4 is 17.6 Å². The summed E-state index contributed by atoms with van der Waals surface area (Å²) in [5, 5.41) is 6.17. The largest absolute Gasteiger partial charge is 0.349 e. The van der Waals surface area contributed by atoms with Crippen LogP contribution in [-0.2, 0) is 17.6 Å². The van der Waals surface area contributed by atoms with Crippen molar-refractivity contribution in [3.05, 3.63) is 65.2 Å². The minimum atomic E-state index is -0.158. The molecule has 2 atom stereocenters. The number of nitrogens with zero attached hydrogens (tertiary/aromatic N) is 1. The number of carbonyl (C=O) groups excluding carboxylic acids is 2. The smallest absolute Gasteiger partial charge is 0.322 e. The Morgan fingerprint density at radius 1 is 1.10 bits per heavy atom. The van der Waals surface area contributed by atoms with E-state index >= 15 is 0 Å². The summed E-state index contributed by atoms with van der Waals surface area (Å²) in [6.07, 6.45) is 5.22. The molecule has 1 aliphatic rings. The first-order chi connectivity index (χ1) is 15.0. The standard InChI is InChI=1S/C26H35N3O2/c1-4-19(3)29(26(31)27-22-15-13-20(5-2)14-16-22)18-17-25(30)28-24-12-8-10-21-9-6-7-11-23(21)24/h6-7,9,11,13-16,19,24H,4-5,8,10,12,17-18H2,1-3H3,(H,27,31)(H,28,30). The minimum Gasteiger partial charge on any atom is -0.349 e. The van der Waals surface area contributed by atoms with Crippen molar-refractivity contribution in [2.24, 2.45) is 0 Å². The Bertz CT molecular complexity index is 878. The Balaban J connectivity index is 1.58. The normalized spacial score (nSPS) is 16.2. The first-order valence-corrected chi connectivity index (χ1v) is 11.6. The monoisotopic (exact) mass is 421 g/mol. The molecule has 0 saturated carbocycles. The molecule has 0 spiro atoms. The van der Waals surface area contributed by atoms with E-state index in [0.29, 0.717) is 13.0 Å². The van der Waals surface area contributed by atoms with Crippen LogP contribution in [0.3, 0.4) is 0 Å². The van der Waals surface area contributed by atoms with Crippen LogP contribution in [0.25, 0.3) is 0 Å². The zero-order valence-corrected chi connectivity index (χ0v) is 19.0. The van der Waals surface area contributed by atoms with Crippen LogP contribution in [0, 0.1) is 0 Å². The van der Waals surface area contributed by atoms with E-state index in [0.717, 1.165) is 37.8 Å². The van der Waals surface area contributed by atoms with Gasteiger partial charge in [-0.25, -0.2) is 4.79 Å². The fourth-order valence-corrected chi connectivity index (χ4v) is 4.15. The third kappa shape index (κ3) is 6.09. The van der Waals surface area contributed by atoms with Gasteiger partial charge in [0, 0.05) is 24.7 Å². The van der Waals surface area contributed by atoms with Crippen molar-refractivity contribution in [1.29, 1.82) is 0 Å². The van der Waals surface area contributed by atoms with Crippen molar-refractivity contribution in [2.75, 3.05) is 11.9 Å². The fourth-order valence-electron chi connectivity index (χ4n) is 4.15. The Morgan fingerprint density at radius 3 is 2.55 bits per heavy atom. The van der Waals surface area contributed by atoms with Crippen molar-refractivity contribution in [3.63, 3.8) is 0 Å². The van der Waals surface area contributed by atoms with Gasteiger partial charge in [-0.2, -0.15) is 0 Å². The van der Waals surface area contributed by atoms with Crippen LogP contribution in [-0.4, -0.2) is 29.4 Å². The van der Waals surface area contributed by atoms with Crippen LogP contribution in [0.1, 0.15) is 69.2 Å². The van der Waals surface area contributed by atoms with Gasteiger partial charge in [-0.05, 0) is 67.9 Å². The second kappa shape index (κ2) is 11.0. The molecule has 166 valence electrons. The highest BCUT2D eigenvalue weighted by molar-refractivity contribution is 5.90. The molecule has 1 aliphatic carbocycles. The van der Waals surface area contributed by atoms with E-state index in [1.165, 1.54) is 16.7 Å². The number of fused-ring (bicyclic) bond motifs is 1. The molecule has 3 amide bonds. The molecular weight excluding hydrogens is 386 g/mol. The third-order valence-electron chi connectivity index (χ3n) is 6.28. The maximum atomic E-state index is 12.9. The molecule has 0 fully saturated rings. The van der Waals surface area contributed by atoms with E-state index in [2.05, 4.69) is 42.7 Å². The summed E-state index contributed by atoms with van der Waals surface area (Å²) in [4.78, 5) is 27.4. The van der Waals surface area contributed by atoms with Gasteiger partial charge in [0.2, 0.25) is 5.91 Å². The molecule has 2 aromatic carbocycles. The van der Waals surface area contributed by atoms with E-state index < -0.39 is 0 Å². The molecule has 5 heteroatoms. The lowest BCUT2D eigenvalue weighted by Crippen LogP contribution is -2.43. The van der Waals surface area contributed by atoms with Gasteiger partial charge in [0.25, 0.3) is 0 Å². The highest BCUT2D eigenvalue weighted by Gasteiger charge is 2.23. The molecule has 0 aliphatic heterocycles. The quantitative estimate of drug-likeness (QED) is 0.594. The predicted molar refractivity (Wildman–Crippen MR) is 126 cm³/mol. The van der Waals surface area contributed by atoms with Crippen molar-refractivity contribution < 1.29 is 9.59 Å². The molecule has 0 radical (unpaired) electrons. The molecule has 3 rings (SSSR count). The van der Waals surface area contributed by atoms with Crippen LogP contribution in [0.4, 0.5) is 10.5 Å². The van der Waals surface area contributed by atoms with Crippen molar-refractivity contribution in [1.82, 2.24) is 10.2 Å². The number of hydrogen-bond donors (Lipinski definition) is 2. The zero-order valence-electron chi connectivity index (χ0n) is 19.0. The summed E-state index contributed by atoms with van der Waals surface area (Å²) in [7, 11) is 0. The molecule has 0 bridgehead atoms. The SMILES string of the molecule is CCc1ccc(NC(=O)N(CCC(=O)NC2CCCc3ccccc32)C(C)CC)cc1. The molecule has 5 nitrogen and oxygen atoms in total. The number of hydrogen-bond acceptors (Lipinski definition) is 2. The van der Waals surface area contributed by atoms with Crippen molar-refractivity contribution in [2.45, 2.75) is 71.4 Å². The summed E-state index contributed by atoms with van der Waals surface area (Å²) in [5.74, 6) is -0.00453. The van der Waals surface area contributed by atoms with E-state index in [1.54, 1.807) is 4.90 Å². The molecule has 2 N–H and O–H groups in total. The number of nitrogens with one attached hydrogen (secondary N) is 2. The Morgan fingerprint density at radius 2 is 1.84 bits per heavy atom. The second-order valence-corrected chi connectivity index (χ2v) is 8.39. The van der Waals surface area contributed by atoms with Gasteiger partial charge in [0.05, 0.1) is 6.04 Å². The first kappa shape index (κ1) is 22.9. The lowest BCUT2D eigenvalue weighted by molar-refractivity contribution is -0.122. The van der Waals surface area contributed by atoms with Crippen molar-refractivity contribution in [3.8, 4) is 0 Å². The number of urea groups is 1. The number of carbonyl (C=O) groups is 2. The van der Waals surface area contributed by atoms with E-state index in [-0.39, 0.29) is 24.0 Å². The summed E-state index contributed by atoms with van der Waals surface area (Å²) in [6, 6.07) is 16.2. The van der Waals surface area contributed by atoms with Crippen LogP contribution in [0.5, 0.6) is 0 Å². The summed E-state index contributed by atoms with van der Waals surface area (Å²) in [5.41, 5.74) is 4.57. The van der Waals surface area contributed by atoms with Gasteiger partial charge in [0.15, 0.2) is 0 Å². The average molecular weight is 422 g/mol. The summed E-state index contributed by atoms with van der Waals surface area (Å²) >= 11 is 0. The average Bonchev–Trinajstić information content (AvgIpc) is 2.79. The van der Waals surface area contributed by atoms with Gasteiger partial charge < -0.3 is 15.5 Å². The topological polar surface area (TPSA) is 61.4 Å². The molecule has 0 heterocycles.